The first-order chi connectivity index (χ1) is 9.70. The van der Waals surface area contributed by atoms with Crippen LogP contribution in [0.2, 0.25) is 0 Å². The SMILES string of the molecule is COCCNCCc1ncc(-c2ccc(Br)cc2Br)o1. The summed E-state index contributed by atoms with van der Waals surface area (Å²) in [5.41, 5.74) is 0.999. The molecule has 0 spiro atoms. The van der Waals surface area contributed by atoms with Gasteiger partial charge in [-0.15, -0.1) is 0 Å². The van der Waals surface area contributed by atoms with E-state index in [1.807, 2.05) is 18.2 Å². The highest BCUT2D eigenvalue weighted by Gasteiger charge is 2.09. The first kappa shape index (κ1) is 15.7. The third-order valence-electron chi connectivity index (χ3n) is 2.75. The minimum atomic E-state index is 0.711. The van der Waals surface area contributed by atoms with Crippen LogP contribution in [0.15, 0.2) is 37.8 Å². The molecule has 4 nitrogen and oxygen atoms in total. The summed E-state index contributed by atoms with van der Waals surface area (Å²) in [4.78, 5) is 4.30. The second kappa shape index (κ2) is 7.93. The number of hydrogen-bond acceptors (Lipinski definition) is 4. The molecule has 0 saturated carbocycles. The van der Waals surface area contributed by atoms with Crippen LogP contribution in [0.5, 0.6) is 0 Å². The molecule has 0 radical (unpaired) electrons. The second-order valence-corrected chi connectivity index (χ2v) is 6.01. The van der Waals surface area contributed by atoms with Crippen molar-refractivity contribution < 1.29 is 9.15 Å². The highest BCUT2D eigenvalue weighted by molar-refractivity contribution is 9.11. The van der Waals surface area contributed by atoms with Gasteiger partial charge in [0.1, 0.15) is 0 Å². The Labute approximate surface area is 135 Å². The summed E-state index contributed by atoms with van der Waals surface area (Å²) >= 11 is 6.96. The molecule has 6 heteroatoms. The van der Waals surface area contributed by atoms with E-state index in [0.717, 1.165) is 45.7 Å². The molecular formula is C14H16Br2N2O2. The van der Waals surface area contributed by atoms with Gasteiger partial charge in [0.05, 0.1) is 12.8 Å². The van der Waals surface area contributed by atoms with E-state index < -0.39 is 0 Å². The molecule has 0 atom stereocenters. The lowest BCUT2D eigenvalue weighted by atomic mass is 10.2. The summed E-state index contributed by atoms with van der Waals surface area (Å²) in [6.07, 6.45) is 2.52. The van der Waals surface area contributed by atoms with E-state index >= 15 is 0 Å². The molecule has 108 valence electrons. The Morgan fingerprint density at radius 3 is 2.90 bits per heavy atom. The van der Waals surface area contributed by atoms with Gasteiger partial charge in [-0.1, -0.05) is 15.9 Å². The molecule has 2 rings (SSSR count). The third-order valence-corrected chi connectivity index (χ3v) is 3.90. The van der Waals surface area contributed by atoms with E-state index in [1.165, 1.54) is 0 Å². The number of rotatable bonds is 7. The van der Waals surface area contributed by atoms with Gasteiger partial charge in [-0.25, -0.2) is 4.98 Å². The van der Waals surface area contributed by atoms with Gasteiger partial charge in [-0.05, 0) is 34.1 Å². The predicted molar refractivity (Wildman–Crippen MR) is 85.8 cm³/mol. The predicted octanol–water partition coefficient (Wildman–Crippen LogP) is 3.65. The van der Waals surface area contributed by atoms with Gasteiger partial charge in [0.2, 0.25) is 0 Å². The van der Waals surface area contributed by atoms with Gasteiger partial charge in [0.15, 0.2) is 11.7 Å². The molecule has 0 aliphatic heterocycles. The number of nitrogens with one attached hydrogen (secondary N) is 1. The summed E-state index contributed by atoms with van der Waals surface area (Å²) in [6.45, 7) is 2.37. The van der Waals surface area contributed by atoms with Gasteiger partial charge in [-0.3, -0.25) is 0 Å². The van der Waals surface area contributed by atoms with Crippen molar-refractivity contribution in [2.75, 3.05) is 26.8 Å². The molecule has 0 aliphatic rings. The van der Waals surface area contributed by atoms with E-state index in [1.54, 1.807) is 13.3 Å². The molecule has 0 unspecified atom stereocenters. The number of ether oxygens (including phenoxy) is 1. The van der Waals surface area contributed by atoms with E-state index in [4.69, 9.17) is 9.15 Å². The molecule has 0 bridgehead atoms. The van der Waals surface area contributed by atoms with E-state index in [2.05, 4.69) is 42.2 Å². The molecule has 1 aromatic carbocycles. The summed E-state index contributed by atoms with van der Waals surface area (Å²) in [6, 6.07) is 5.97. The van der Waals surface area contributed by atoms with Crippen molar-refractivity contribution in [2.24, 2.45) is 0 Å². The Balaban J connectivity index is 1.95. The fourth-order valence-corrected chi connectivity index (χ4v) is 2.98. The maximum Gasteiger partial charge on any atom is 0.196 e. The van der Waals surface area contributed by atoms with E-state index in [0.29, 0.717) is 6.61 Å². The van der Waals surface area contributed by atoms with Gasteiger partial charge < -0.3 is 14.5 Å². The van der Waals surface area contributed by atoms with Crippen molar-refractivity contribution in [2.45, 2.75) is 6.42 Å². The van der Waals surface area contributed by atoms with Crippen molar-refractivity contribution in [1.82, 2.24) is 10.3 Å². The smallest absolute Gasteiger partial charge is 0.196 e. The molecule has 1 heterocycles. The number of nitrogens with zero attached hydrogens (tertiary/aromatic N) is 1. The molecule has 0 aliphatic carbocycles. The number of benzene rings is 1. The maximum absolute atomic E-state index is 5.77. The average Bonchev–Trinajstić information content (AvgIpc) is 2.87. The van der Waals surface area contributed by atoms with Crippen LogP contribution >= 0.6 is 31.9 Å². The zero-order valence-electron chi connectivity index (χ0n) is 11.2. The van der Waals surface area contributed by atoms with Crippen molar-refractivity contribution >= 4 is 31.9 Å². The zero-order chi connectivity index (χ0) is 14.4. The van der Waals surface area contributed by atoms with Crippen LogP contribution in [-0.2, 0) is 11.2 Å². The second-order valence-electron chi connectivity index (χ2n) is 4.24. The Morgan fingerprint density at radius 1 is 1.30 bits per heavy atom. The van der Waals surface area contributed by atoms with E-state index in [9.17, 15) is 0 Å². The number of aromatic nitrogens is 1. The van der Waals surface area contributed by atoms with Gasteiger partial charge in [0.25, 0.3) is 0 Å². The monoisotopic (exact) mass is 402 g/mol. The van der Waals surface area contributed by atoms with Gasteiger partial charge in [0, 0.05) is 41.1 Å². The topological polar surface area (TPSA) is 47.3 Å². The van der Waals surface area contributed by atoms with Crippen LogP contribution in [-0.4, -0.2) is 31.8 Å². The number of methoxy groups -OCH3 is 1. The highest BCUT2D eigenvalue weighted by atomic mass is 79.9. The van der Waals surface area contributed by atoms with Crippen LogP contribution in [0.4, 0.5) is 0 Å². The third kappa shape index (κ3) is 4.41. The Hall–Kier alpha value is -0.690. The van der Waals surface area contributed by atoms with Crippen molar-refractivity contribution in [3.8, 4) is 11.3 Å². The molecule has 1 aromatic heterocycles. The largest absolute Gasteiger partial charge is 0.441 e. The first-order valence-corrected chi connectivity index (χ1v) is 7.89. The summed E-state index contributed by atoms with van der Waals surface area (Å²) in [7, 11) is 1.69. The molecule has 20 heavy (non-hydrogen) atoms. The lowest BCUT2D eigenvalue weighted by Crippen LogP contribution is -2.21. The number of halogens is 2. The number of hydrogen-bond donors (Lipinski definition) is 1. The Kier molecular flexibility index (Phi) is 6.22. The molecule has 0 fully saturated rings. The summed E-state index contributed by atoms with van der Waals surface area (Å²) in [5, 5.41) is 3.26. The normalized spacial score (nSPS) is 10.9. The molecule has 1 N–H and O–H groups in total. The van der Waals surface area contributed by atoms with Crippen LogP contribution < -0.4 is 5.32 Å². The van der Waals surface area contributed by atoms with Crippen LogP contribution in [0.25, 0.3) is 11.3 Å². The fraction of sp³-hybridized carbons (Fsp3) is 0.357. The van der Waals surface area contributed by atoms with Crippen molar-refractivity contribution in [3.63, 3.8) is 0 Å². The Bertz CT molecular complexity index is 558. The molecule has 0 saturated heterocycles. The minimum Gasteiger partial charge on any atom is -0.441 e. The molecule has 0 amide bonds. The van der Waals surface area contributed by atoms with Crippen LogP contribution in [0.3, 0.4) is 0 Å². The number of oxazole rings is 1. The van der Waals surface area contributed by atoms with Crippen LogP contribution in [0.1, 0.15) is 5.89 Å². The molecular weight excluding hydrogens is 388 g/mol. The molecule has 2 aromatic rings. The lowest BCUT2D eigenvalue weighted by molar-refractivity contribution is 0.199. The fourth-order valence-electron chi connectivity index (χ4n) is 1.73. The van der Waals surface area contributed by atoms with E-state index in [-0.39, 0.29) is 0 Å². The quantitative estimate of drug-likeness (QED) is 0.717. The van der Waals surface area contributed by atoms with Crippen LogP contribution in [0, 0.1) is 0 Å². The zero-order valence-corrected chi connectivity index (χ0v) is 14.3. The lowest BCUT2D eigenvalue weighted by Gasteiger charge is -2.02. The van der Waals surface area contributed by atoms with Gasteiger partial charge >= 0.3 is 0 Å². The highest BCUT2D eigenvalue weighted by Crippen LogP contribution is 2.31. The Morgan fingerprint density at radius 2 is 2.15 bits per heavy atom. The summed E-state index contributed by atoms with van der Waals surface area (Å²) in [5.74, 6) is 1.51. The first-order valence-electron chi connectivity index (χ1n) is 6.30. The van der Waals surface area contributed by atoms with Crippen molar-refractivity contribution in [3.05, 3.63) is 39.2 Å². The minimum absolute atomic E-state index is 0.711. The summed E-state index contributed by atoms with van der Waals surface area (Å²) < 4.78 is 12.7. The maximum atomic E-state index is 5.77. The van der Waals surface area contributed by atoms with Crippen molar-refractivity contribution in [1.29, 1.82) is 0 Å². The average molecular weight is 404 g/mol. The standard InChI is InChI=1S/C14H16Br2N2O2/c1-19-7-6-17-5-4-14-18-9-13(20-14)11-3-2-10(15)8-12(11)16/h2-3,8-9,17H,4-7H2,1H3. The van der Waals surface area contributed by atoms with Gasteiger partial charge in [-0.2, -0.15) is 0 Å².